The van der Waals surface area contributed by atoms with Gasteiger partial charge in [0.15, 0.2) is 0 Å². The van der Waals surface area contributed by atoms with Crippen LogP contribution in [0, 0.1) is 0 Å². The fourth-order valence-electron chi connectivity index (χ4n) is 1.75. The second-order valence-corrected chi connectivity index (χ2v) is 3.57. The van der Waals surface area contributed by atoms with Crippen LogP contribution >= 0.6 is 0 Å². The molecule has 0 radical (unpaired) electrons. The molecular weight excluding hydrogens is 182 g/mol. The summed E-state index contributed by atoms with van der Waals surface area (Å²) in [7, 11) is 1.72. The molecule has 82 valence electrons. The summed E-state index contributed by atoms with van der Waals surface area (Å²) in [6.45, 7) is 2.63. The molecule has 0 heterocycles. The summed E-state index contributed by atoms with van der Waals surface area (Å²) in [6.07, 6.45) is 3.29. The summed E-state index contributed by atoms with van der Waals surface area (Å²) in [5.74, 6) is -0.0198. The standard InChI is InChI=1S/C10H19NO3/c1-3-14-7-10(12)11-8-4-5-9(6-8)13-2/h8-9H,3-7H2,1-2H3,(H,11,12). The third-order valence-corrected chi connectivity index (χ3v) is 2.52. The van der Waals surface area contributed by atoms with E-state index in [1.165, 1.54) is 0 Å². The molecule has 1 saturated carbocycles. The van der Waals surface area contributed by atoms with Crippen LogP contribution in [-0.4, -0.2) is 38.4 Å². The van der Waals surface area contributed by atoms with E-state index in [0.717, 1.165) is 19.3 Å². The Morgan fingerprint density at radius 2 is 2.29 bits per heavy atom. The number of carbonyl (C=O) groups is 1. The van der Waals surface area contributed by atoms with Gasteiger partial charge in [0.1, 0.15) is 6.61 Å². The fourth-order valence-corrected chi connectivity index (χ4v) is 1.75. The van der Waals surface area contributed by atoms with Gasteiger partial charge in [-0.1, -0.05) is 0 Å². The highest BCUT2D eigenvalue weighted by molar-refractivity contribution is 5.77. The first-order valence-electron chi connectivity index (χ1n) is 5.16. The van der Waals surface area contributed by atoms with E-state index in [-0.39, 0.29) is 18.6 Å². The van der Waals surface area contributed by atoms with Crippen molar-refractivity contribution in [3.8, 4) is 0 Å². The van der Waals surface area contributed by atoms with Crippen LogP contribution in [0.15, 0.2) is 0 Å². The summed E-state index contributed by atoms with van der Waals surface area (Å²) in [5, 5.41) is 2.93. The largest absolute Gasteiger partial charge is 0.381 e. The summed E-state index contributed by atoms with van der Waals surface area (Å²) >= 11 is 0. The normalized spacial score (nSPS) is 26.4. The predicted octanol–water partition coefficient (Wildman–Crippen LogP) is 0.707. The number of carbonyl (C=O) groups excluding carboxylic acids is 1. The summed E-state index contributed by atoms with van der Waals surface area (Å²) < 4.78 is 10.2. The van der Waals surface area contributed by atoms with Crippen molar-refractivity contribution in [2.24, 2.45) is 0 Å². The van der Waals surface area contributed by atoms with Gasteiger partial charge in [-0.25, -0.2) is 0 Å². The fraction of sp³-hybridized carbons (Fsp3) is 0.900. The van der Waals surface area contributed by atoms with Gasteiger partial charge in [0, 0.05) is 19.8 Å². The van der Waals surface area contributed by atoms with Gasteiger partial charge < -0.3 is 14.8 Å². The maximum absolute atomic E-state index is 11.3. The molecule has 0 aromatic heterocycles. The number of hydrogen-bond acceptors (Lipinski definition) is 3. The lowest BCUT2D eigenvalue weighted by Gasteiger charge is -2.12. The van der Waals surface area contributed by atoms with Crippen LogP contribution in [0.2, 0.25) is 0 Å². The topological polar surface area (TPSA) is 47.6 Å². The van der Waals surface area contributed by atoms with Crippen molar-refractivity contribution in [2.45, 2.75) is 38.3 Å². The highest BCUT2D eigenvalue weighted by atomic mass is 16.5. The van der Waals surface area contributed by atoms with Gasteiger partial charge in [0.2, 0.25) is 5.91 Å². The third kappa shape index (κ3) is 3.64. The highest BCUT2D eigenvalue weighted by Gasteiger charge is 2.25. The molecule has 2 atom stereocenters. The van der Waals surface area contributed by atoms with E-state index in [1.807, 2.05) is 6.92 Å². The summed E-state index contributed by atoms with van der Waals surface area (Å²) in [5.41, 5.74) is 0. The van der Waals surface area contributed by atoms with Crippen molar-refractivity contribution in [2.75, 3.05) is 20.3 Å². The third-order valence-electron chi connectivity index (χ3n) is 2.52. The zero-order chi connectivity index (χ0) is 10.4. The molecule has 1 amide bonds. The van der Waals surface area contributed by atoms with Crippen LogP contribution in [0.4, 0.5) is 0 Å². The first-order chi connectivity index (χ1) is 6.76. The van der Waals surface area contributed by atoms with Crippen molar-refractivity contribution in [1.29, 1.82) is 0 Å². The van der Waals surface area contributed by atoms with Gasteiger partial charge in [-0.2, -0.15) is 0 Å². The predicted molar refractivity (Wildman–Crippen MR) is 53.1 cm³/mol. The lowest BCUT2D eigenvalue weighted by Crippen LogP contribution is -2.36. The molecular formula is C10H19NO3. The van der Waals surface area contributed by atoms with E-state index in [4.69, 9.17) is 9.47 Å². The molecule has 0 saturated heterocycles. The summed E-state index contributed by atoms with van der Waals surface area (Å²) in [4.78, 5) is 11.3. The van der Waals surface area contributed by atoms with Crippen LogP contribution in [0.5, 0.6) is 0 Å². The lowest BCUT2D eigenvalue weighted by molar-refractivity contribution is -0.126. The van der Waals surface area contributed by atoms with Crippen molar-refractivity contribution < 1.29 is 14.3 Å². The van der Waals surface area contributed by atoms with Crippen molar-refractivity contribution >= 4 is 5.91 Å². The number of amides is 1. The SMILES string of the molecule is CCOCC(=O)NC1CCC(OC)C1. The Labute approximate surface area is 85.0 Å². The first kappa shape index (κ1) is 11.5. The monoisotopic (exact) mass is 201 g/mol. The molecule has 14 heavy (non-hydrogen) atoms. The van der Waals surface area contributed by atoms with Crippen molar-refractivity contribution in [3.05, 3.63) is 0 Å². The Kier molecular flexibility index (Phi) is 4.90. The molecule has 1 fully saturated rings. The zero-order valence-corrected chi connectivity index (χ0v) is 8.91. The van der Waals surface area contributed by atoms with Crippen molar-refractivity contribution in [3.63, 3.8) is 0 Å². The molecule has 1 rings (SSSR count). The Hall–Kier alpha value is -0.610. The van der Waals surface area contributed by atoms with E-state index >= 15 is 0 Å². The van der Waals surface area contributed by atoms with Gasteiger partial charge in [0.05, 0.1) is 6.10 Å². The average Bonchev–Trinajstić information content (AvgIpc) is 2.62. The first-order valence-corrected chi connectivity index (χ1v) is 5.16. The maximum Gasteiger partial charge on any atom is 0.246 e. The lowest BCUT2D eigenvalue weighted by atomic mass is 10.2. The molecule has 0 aliphatic heterocycles. The highest BCUT2D eigenvalue weighted by Crippen LogP contribution is 2.21. The van der Waals surface area contributed by atoms with Crippen LogP contribution in [0.1, 0.15) is 26.2 Å². The second kappa shape index (κ2) is 5.98. The minimum atomic E-state index is -0.0198. The number of methoxy groups -OCH3 is 1. The molecule has 1 N–H and O–H groups in total. The summed E-state index contributed by atoms with van der Waals surface area (Å²) in [6, 6.07) is 0.271. The number of rotatable bonds is 5. The second-order valence-electron chi connectivity index (χ2n) is 3.57. The zero-order valence-electron chi connectivity index (χ0n) is 8.91. The van der Waals surface area contributed by atoms with Crippen LogP contribution in [0.3, 0.4) is 0 Å². The molecule has 0 bridgehead atoms. The Morgan fingerprint density at radius 1 is 1.50 bits per heavy atom. The molecule has 2 unspecified atom stereocenters. The maximum atomic E-state index is 11.3. The van der Waals surface area contributed by atoms with Gasteiger partial charge in [-0.15, -0.1) is 0 Å². The van der Waals surface area contributed by atoms with Gasteiger partial charge >= 0.3 is 0 Å². The van der Waals surface area contributed by atoms with Crippen molar-refractivity contribution in [1.82, 2.24) is 5.32 Å². The minimum Gasteiger partial charge on any atom is -0.381 e. The Bertz CT molecular complexity index is 184. The number of nitrogens with one attached hydrogen (secondary N) is 1. The van der Waals surface area contributed by atoms with E-state index in [0.29, 0.717) is 12.7 Å². The van der Waals surface area contributed by atoms with Gasteiger partial charge in [-0.05, 0) is 26.2 Å². The smallest absolute Gasteiger partial charge is 0.246 e. The number of hydrogen-bond donors (Lipinski definition) is 1. The molecule has 4 nitrogen and oxygen atoms in total. The minimum absolute atomic E-state index is 0.0198. The van der Waals surface area contributed by atoms with E-state index in [2.05, 4.69) is 5.32 Å². The number of ether oxygens (including phenoxy) is 2. The molecule has 4 heteroatoms. The van der Waals surface area contributed by atoms with E-state index in [1.54, 1.807) is 7.11 Å². The molecule has 1 aliphatic rings. The molecule has 0 aromatic carbocycles. The Morgan fingerprint density at radius 3 is 2.86 bits per heavy atom. The van der Waals surface area contributed by atoms with Gasteiger partial charge in [-0.3, -0.25) is 4.79 Å². The van der Waals surface area contributed by atoms with Gasteiger partial charge in [0.25, 0.3) is 0 Å². The van der Waals surface area contributed by atoms with Crippen LogP contribution in [-0.2, 0) is 14.3 Å². The van der Waals surface area contributed by atoms with E-state index < -0.39 is 0 Å². The average molecular weight is 201 g/mol. The molecule has 0 aromatic rings. The van der Waals surface area contributed by atoms with E-state index in [9.17, 15) is 4.79 Å². The molecule has 0 spiro atoms. The van der Waals surface area contributed by atoms with Crippen LogP contribution in [0.25, 0.3) is 0 Å². The quantitative estimate of drug-likeness (QED) is 0.712. The molecule has 1 aliphatic carbocycles. The van der Waals surface area contributed by atoms with Crippen LogP contribution < -0.4 is 5.32 Å². The Balaban J connectivity index is 2.15.